The zero-order valence-electron chi connectivity index (χ0n) is 28.7. The van der Waals surface area contributed by atoms with Crippen molar-refractivity contribution in [2.24, 2.45) is 0 Å². The quantitative estimate of drug-likeness (QED) is 0.159. The van der Waals surface area contributed by atoms with Crippen molar-refractivity contribution in [3.05, 3.63) is 218 Å². The molecule has 0 saturated heterocycles. The zero-order valence-corrected chi connectivity index (χ0v) is 28.7. The zero-order chi connectivity index (χ0) is 34.7. The lowest BCUT2D eigenvalue weighted by molar-refractivity contribution is 1.28. The predicted molar refractivity (Wildman–Crippen MR) is 222 cm³/mol. The van der Waals surface area contributed by atoms with E-state index in [1.54, 1.807) is 0 Å². The minimum Gasteiger partial charge on any atom is -0.310 e. The van der Waals surface area contributed by atoms with Crippen molar-refractivity contribution in [2.75, 3.05) is 9.80 Å². The first-order valence-electron chi connectivity index (χ1n) is 17.8. The lowest BCUT2D eigenvalue weighted by Crippen LogP contribution is -2.13. The van der Waals surface area contributed by atoms with Gasteiger partial charge in [0.25, 0.3) is 0 Å². The van der Waals surface area contributed by atoms with Crippen molar-refractivity contribution in [1.82, 2.24) is 0 Å². The fourth-order valence-corrected chi connectivity index (χ4v) is 7.34. The lowest BCUT2D eigenvalue weighted by Gasteiger charge is -2.31. The second-order valence-electron chi connectivity index (χ2n) is 13.0. The topological polar surface area (TPSA) is 6.48 Å². The highest BCUT2D eigenvalue weighted by atomic mass is 15.2. The monoisotopic (exact) mass is 664 g/mol. The molecule has 246 valence electrons. The Morgan fingerprint density at radius 1 is 0.212 bits per heavy atom. The van der Waals surface area contributed by atoms with E-state index in [1.165, 1.54) is 43.8 Å². The van der Waals surface area contributed by atoms with Crippen LogP contribution in [0.25, 0.3) is 43.8 Å². The fraction of sp³-hybridized carbons (Fsp3) is 0. The van der Waals surface area contributed by atoms with Crippen molar-refractivity contribution >= 4 is 55.7 Å². The average molecular weight is 665 g/mol. The minimum absolute atomic E-state index is 1.10. The highest BCUT2D eigenvalue weighted by Gasteiger charge is 2.22. The highest BCUT2D eigenvalue weighted by Crippen LogP contribution is 2.46. The molecule has 9 aromatic carbocycles. The van der Waals surface area contributed by atoms with Crippen molar-refractivity contribution in [2.45, 2.75) is 0 Å². The summed E-state index contributed by atoms with van der Waals surface area (Å²) in [6, 6.07) is 78.3. The molecule has 0 N–H and O–H groups in total. The molecule has 0 unspecified atom stereocenters. The summed E-state index contributed by atoms with van der Waals surface area (Å²) in [5, 5.41) is 4.76. The first-order chi connectivity index (χ1) is 25.8. The molecule has 0 amide bonds. The van der Waals surface area contributed by atoms with Crippen molar-refractivity contribution in [3.63, 3.8) is 0 Å². The summed E-state index contributed by atoms with van der Waals surface area (Å²) in [7, 11) is 0. The van der Waals surface area contributed by atoms with E-state index in [-0.39, 0.29) is 0 Å². The summed E-state index contributed by atoms with van der Waals surface area (Å²) < 4.78 is 0. The van der Waals surface area contributed by atoms with E-state index in [0.29, 0.717) is 0 Å². The number of para-hydroxylation sites is 1. The Bertz CT molecular complexity index is 2510. The van der Waals surface area contributed by atoms with Gasteiger partial charge >= 0.3 is 0 Å². The lowest BCUT2D eigenvalue weighted by atomic mass is 10.0. The molecule has 0 heterocycles. The third kappa shape index (κ3) is 5.87. The molecule has 0 fully saturated rings. The summed E-state index contributed by atoms with van der Waals surface area (Å²) in [4.78, 5) is 4.79. The van der Waals surface area contributed by atoms with Crippen molar-refractivity contribution < 1.29 is 0 Å². The van der Waals surface area contributed by atoms with Crippen LogP contribution in [-0.4, -0.2) is 0 Å². The van der Waals surface area contributed by atoms with Gasteiger partial charge in [0.15, 0.2) is 0 Å². The maximum absolute atomic E-state index is 2.40. The van der Waals surface area contributed by atoms with Gasteiger partial charge in [0, 0.05) is 33.2 Å². The van der Waals surface area contributed by atoms with Crippen LogP contribution in [0.2, 0.25) is 0 Å². The van der Waals surface area contributed by atoms with Gasteiger partial charge in [0.05, 0.1) is 17.1 Å². The number of anilines is 6. The predicted octanol–water partition coefficient (Wildman–Crippen LogP) is 14.3. The third-order valence-corrected chi connectivity index (χ3v) is 9.85. The number of hydrogen-bond acceptors (Lipinski definition) is 2. The second kappa shape index (κ2) is 13.8. The highest BCUT2D eigenvalue weighted by molar-refractivity contribution is 6.09. The molecule has 0 spiro atoms. The standard InChI is InChI=1S/C50H36N2/c1-4-15-37(16-5-1)39-27-31-43(32-28-39)51(44-33-29-40(30-34-44)38-17-6-2-7-18-38)49-35-36-50(47-25-13-12-24-46(47)49)52(42-21-8-3-9-22-42)48-26-14-20-41-19-10-11-23-45(41)48/h1-36H. The van der Waals surface area contributed by atoms with Gasteiger partial charge in [-0.05, 0) is 82.2 Å². The molecule has 9 rings (SSSR count). The maximum Gasteiger partial charge on any atom is 0.0541 e. The molecular weight excluding hydrogens is 629 g/mol. The van der Waals surface area contributed by atoms with Crippen LogP contribution < -0.4 is 9.80 Å². The summed E-state index contributed by atoms with van der Waals surface area (Å²) >= 11 is 0. The van der Waals surface area contributed by atoms with Gasteiger partial charge in [-0.25, -0.2) is 0 Å². The maximum atomic E-state index is 2.40. The molecule has 0 bridgehead atoms. The molecular formula is C50H36N2. The minimum atomic E-state index is 1.10. The van der Waals surface area contributed by atoms with Crippen LogP contribution in [0.4, 0.5) is 34.1 Å². The molecule has 0 aromatic heterocycles. The molecule has 0 radical (unpaired) electrons. The van der Waals surface area contributed by atoms with E-state index in [1.807, 2.05) is 0 Å². The Kier molecular flexibility index (Phi) is 8.24. The second-order valence-corrected chi connectivity index (χ2v) is 13.0. The van der Waals surface area contributed by atoms with Crippen molar-refractivity contribution in [1.29, 1.82) is 0 Å². The summed E-state index contributed by atoms with van der Waals surface area (Å²) in [6.07, 6.45) is 0. The van der Waals surface area contributed by atoms with Gasteiger partial charge in [-0.2, -0.15) is 0 Å². The van der Waals surface area contributed by atoms with E-state index >= 15 is 0 Å². The average Bonchev–Trinajstić information content (AvgIpc) is 3.23. The van der Waals surface area contributed by atoms with Crippen LogP contribution in [-0.2, 0) is 0 Å². The van der Waals surface area contributed by atoms with E-state index in [4.69, 9.17) is 0 Å². The van der Waals surface area contributed by atoms with Gasteiger partial charge in [0.2, 0.25) is 0 Å². The number of nitrogens with zero attached hydrogens (tertiary/aromatic N) is 2. The molecule has 0 aliphatic rings. The number of hydrogen-bond donors (Lipinski definition) is 0. The molecule has 9 aromatic rings. The van der Waals surface area contributed by atoms with Gasteiger partial charge in [0.1, 0.15) is 0 Å². The molecule has 52 heavy (non-hydrogen) atoms. The Labute approximate surface area is 305 Å². The molecule has 0 aliphatic heterocycles. The van der Waals surface area contributed by atoms with E-state index in [9.17, 15) is 0 Å². The summed E-state index contributed by atoms with van der Waals surface area (Å²) in [5.74, 6) is 0. The smallest absolute Gasteiger partial charge is 0.0541 e. The van der Waals surface area contributed by atoms with E-state index < -0.39 is 0 Å². The van der Waals surface area contributed by atoms with Crippen LogP contribution in [0.15, 0.2) is 218 Å². The number of benzene rings is 9. The molecule has 2 nitrogen and oxygen atoms in total. The van der Waals surface area contributed by atoms with Crippen LogP contribution in [0.3, 0.4) is 0 Å². The van der Waals surface area contributed by atoms with Crippen LogP contribution >= 0.6 is 0 Å². The normalized spacial score (nSPS) is 11.1. The van der Waals surface area contributed by atoms with Gasteiger partial charge in [-0.1, -0.05) is 164 Å². The SMILES string of the molecule is c1ccc(-c2ccc(N(c3ccc(-c4ccccc4)cc3)c3ccc(N(c4ccccc4)c4cccc5ccccc45)c4ccccc34)cc2)cc1. The Hall–Kier alpha value is -6.90. The molecule has 0 aliphatic carbocycles. The van der Waals surface area contributed by atoms with Crippen LogP contribution in [0.5, 0.6) is 0 Å². The molecule has 0 atom stereocenters. The fourth-order valence-electron chi connectivity index (χ4n) is 7.34. The Balaban J connectivity index is 1.23. The first-order valence-corrected chi connectivity index (χ1v) is 17.8. The van der Waals surface area contributed by atoms with Crippen LogP contribution in [0.1, 0.15) is 0 Å². The molecule has 0 saturated carbocycles. The number of rotatable bonds is 8. The van der Waals surface area contributed by atoms with Gasteiger partial charge < -0.3 is 9.80 Å². The number of fused-ring (bicyclic) bond motifs is 2. The van der Waals surface area contributed by atoms with E-state index in [2.05, 4.69) is 228 Å². The largest absolute Gasteiger partial charge is 0.310 e. The van der Waals surface area contributed by atoms with Gasteiger partial charge in [-0.15, -0.1) is 0 Å². The summed E-state index contributed by atoms with van der Waals surface area (Å²) in [6.45, 7) is 0. The Morgan fingerprint density at radius 2 is 0.577 bits per heavy atom. The van der Waals surface area contributed by atoms with E-state index in [0.717, 1.165) is 34.1 Å². The third-order valence-electron chi connectivity index (χ3n) is 9.85. The van der Waals surface area contributed by atoms with Gasteiger partial charge in [-0.3, -0.25) is 0 Å². The van der Waals surface area contributed by atoms with Crippen molar-refractivity contribution in [3.8, 4) is 22.3 Å². The molecule has 2 heteroatoms. The Morgan fingerprint density at radius 3 is 1.12 bits per heavy atom. The first kappa shape index (κ1) is 31.1. The van der Waals surface area contributed by atoms with Crippen LogP contribution in [0, 0.1) is 0 Å². The summed E-state index contributed by atoms with van der Waals surface area (Å²) in [5.41, 5.74) is 11.5.